The van der Waals surface area contributed by atoms with Crippen molar-refractivity contribution in [2.75, 3.05) is 6.54 Å². The maximum Gasteiger partial charge on any atom is 0.272 e. The summed E-state index contributed by atoms with van der Waals surface area (Å²) in [6.07, 6.45) is 8.00. The van der Waals surface area contributed by atoms with Crippen molar-refractivity contribution in [3.63, 3.8) is 0 Å². The highest BCUT2D eigenvalue weighted by Crippen LogP contribution is 2.22. The molecular weight excluding hydrogens is 422 g/mol. The summed E-state index contributed by atoms with van der Waals surface area (Å²) in [5.74, 6) is 0.414. The van der Waals surface area contributed by atoms with Crippen LogP contribution in [0.2, 0.25) is 0 Å². The van der Waals surface area contributed by atoms with Gasteiger partial charge >= 0.3 is 0 Å². The van der Waals surface area contributed by atoms with Crippen molar-refractivity contribution < 1.29 is 4.79 Å². The first-order chi connectivity index (χ1) is 15.7. The number of fused-ring (bicyclic) bond motifs is 1. The molecule has 0 saturated heterocycles. The van der Waals surface area contributed by atoms with Gasteiger partial charge in [0.25, 0.3) is 5.91 Å². The van der Waals surface area contributed by atoms with E-state index in [1.807, 2.05) is 70.1 Å². The normalized spacial score (nSPS) is 11.2. The van der Waals surface area contributed by atoms with Crippen LogP contribution >= 0.6 is 11.3 Å². The van der Waals surface area contributed by atoms with E-state index in [9.17, 15) is 4.79 Å². The molecule has 5 heterocycles. The molecule has 9 heteroatoms. The van der Waals surface area contributed by atoms with Gasteiger partial charge in [-0.25, -0.2) is 15.0 Å². The average molecular weight is 444 g/mol. The van der Waals surface area contributed by atoms with Crippen LogP contribution in [0.1, 0.15) is 26.9 Å². The summed E-state index contributed by atoms with van der Waals surface area (Å²) in [5, 5.41) is 6.05. The van der Waals surface area contributed by atoms with Crippen molar-refractivity contribution in [1.29, 1.82) is 0 Å². The van der Waals surface area contributed by atoms with Gasteiger partial charge in [-0.15, -0.1) is 11.3 Å². The van der Waals surface area contributed by atoms with Gasteiger partial charge in [0.2, 0.25) is 0 Å². The zero-order chi connectivity index (χ0) is 21.9. The van der Waals surface area contributed by atoms with Crippen LogP contribution in [0.25, 0.3) is 17.0 Å². The van der Waals surface area contributed by atoms with Crippen LogP contribution in [0, 0.1) is 6.92 Å². The molecule has 0 aliphatic rings. The van der Waals surface area contributed by atoms with Gasteiger partial charge in [-0.3, -0.25) is 14.2 Å². The maximum absolute atomic E-state index is 12.9. The Labute approximate surface area is 188 Å². The van der Waals surface area contributed by atoms with E-state index in [1.165, 1.54) is 0 Å². The molecule has 0 aliphatic carbocycles. The van der Waals surface area contributed by atoms with Crippen LogP contribution < -0.4 is 5.32 Å². The summed E-state index contributed by atoms with van der Waals surface area (Å²) < 4.78 is 3.87. The monoisotopic (exact) mass is 443 g/mol. The highest BCUT2D eigenvalue weighted by Gasteiger charge is 2.19. The molecule has 5 aromatic heterocycles. The summed E-state index contributed by atoms with van der Waals surface area (Å²) >= 11 is 1.63. The number of aryl methyl sites for hydroxylation is 1. The predicted molar refractivity (Wildman–Crippen MR) is 123 cm³/mol. The molecule has 5 rings (SSSR count). The Balaban J connectivity index is 1.37. The van der Waals surface area contributed by atoms with Gasteiger partial charge in [0.05, 0.1) is 29.1 Å². The number of rotatable bonds is 7. The Bertz CT molecular complexity index is 1370. The summed E-state index contributed by atoms with van der Waals surface area (Å²) in [4.78, 5) is 30.9. The van der Waals surface area contributed by atoms with Crippen molar-refractivity contribution >= 4 is 22.8 Å². The van der Waals surface area contributed by atoms with E-state index in [0.717, 1.165) is 21.9 Å². The third-order valence-electron chi connectivity index (χ3n) is 5.03. The van der Waals surface area contributed by atoms with Crippen LogP contribution in [-0.4, -0.2) is 41.4 Å². The molecule has 0 fully saturated rings. The van der Waals surface area contributed by atoms with Crippen molar-refractivity contribution in [3.05, 3.63) is 88.8 Å². The van der Waals surface area contributed by atoms with Crippen LogP contribution in [0.15, 0.2) is 66.7 Å². The Hall–Kier alpha value is -3.85. The summed E-state index contributed by atoms with van der Waals surface area (Å²) in [5.41, 5.74) is 3.75. The fraction of sp³-hybridized carbons (Fsp3) is 0.174. The Kier molecular flexibility index (Phi) is 5.47. The Morgan fingerprint density at radius 2 is 2.00 bits per heavy atom. The molecule has 1 N–H and O–H groups in total. The molecule has 0 aromatic carbocycles. The topological polar surface area (TPSA) is 90.0 Å². The van der Waals surface area contributed by atoms with E-state index in [1.54, 1.807) is 23.9 Å². The van der Waals surface area contributed by atoms with Crippen molar-refractivity contribution in [2.24, 2.45) is 0 Å². The van der Waals surface area contributed by atoms with E-state index >= 15 is 0 Å². The minimum Gasteiger partial charge on any atom is -0.350 e. The number of hydrogen-bond donors (Lipinski definition) is 1. The maximum atomic E-state index is 12.9. The smallest absolute Gasteiger partial charge is 0.272 e. The van der Waals surface area contributed by atoms with E-state index in [-0.39, 0.29) is 5.91 Å². The van der Waals surface area contributed by atoms with Crippen LogP contribution in [0.3, 0.4) is 0 Å². The molecule has 0 bridgehead atoms. The molecule has 8 nitrogen and oxygen atoms in total. The number of carbonyl (C=O) groups is 1. The second-order valence-electron chi connectivity index (χ2n) is 7.36. The Morgan fingerprint density at radius 3 is 2.81 bits per heavy atom. The van der Waals surface area contributed by atoms with Gasteiger partial charge in [-0.1, -0.05) is 12.1 Å². The van der Waals surface area contributed by atoms with Crippen LogP contribution in [0.5, 0.6) is 0 Å². The molecule has 0 unspecified atom stereocenters. The minimum atomic E-state index is -0.215. The lowest BCUT2D eigenvalue weighted by molar-refractivity contribution is 0.0951. The average Bonchev–Trinajstić information content (AvgIpc) is 3.53. The summed E-state index contributed by atoms with van der Waals surface area (Å²) in [7, 11) is 0. The number of imidazole rings is 2. The lowest BCUT2D eigenvalue weighted by atomic mass is 10.2. The van der Waals surface area contributed by atoms with E-state index in [4.69, 9.17) is 0 Å². The first-order valence-corrected chi connectivity index (χ1v) is 11.1. The van der Waals surface area contributed by atoms with E-state index < -0.39 is 0 Å². The van der Waals surface area contributed by atoms with Crippen LogP contribution in [0.4, 0.5) is 0 Å². The molecule has 0 radical (unpaired) electrons. The molecule has 0 spiro atoms. The molecule has 32 heavy (non-hydrogen) atoms. The second kappa shape index (κ2) is 8.72. The quantitative estimate of drug-likeness (QED) is 0.417. The standard InChI is InChI=1S/C23H21N7OS/c1-16-27-18(14-32-16)12-29-13-19(26-15-29)22-28-21(20-7-3-5-11-30(20)22)23(31)25-10-8-17-6-2-4-9-24-17/h2-7,9,11,13-15H,8,10,12H2,1H3,(H,25,31). The second-order valence-corrected chi connectivity index (χ2v) is 8.42. The van der Waals surface area contributed by atoms with Gasteiger partial charge in [0.1, 0.15) is 5.69 Å². The zero-order valence-electron chi connectivity index (χ0n) is 17.5. The molecular formula is C23H21N7OS. The Morgan fingerprint density at radius 1 is 1.09 bits per heavy atom. The van der Waals surface area contributed by atoms with Gasteiger partial charge in [0.15, 0.2) is 11.5 Å². The molecule has 1 amide bonds. The lowest BCUT2D eigenvalue weighted by Crippen LogP contribution is -2.26. The molecule has 0 saturated carbocycles. The summed E-state index contributed by atoms with van der Waals surface area (Å²) in [6, 6.07) is 11.5. The fourth-order valence-corrected chi connectivity index (χ4v) is 4.15. The SMILES string of the molecule is Cc1nc(Cn2cnc(-c3nc(C(=O)NCCc4ccccn4)c4ccccn34)c2)cs1. The highest BCUT2D eigenvalue weighted by molar-refractivity contribution is 7.09. The number of nitrogens with zero attached hydrogens (tertiary/aromatic N) is 6. The molecule has 0 aliphatic heterocycles. The number of pyridine rings is 2. The number of thiazole rings is 1. The predicted octanol–water partition coefficient (Wildman–Crippen LogP) is 3.38. The van der Waals surface area contributed by atoms with Gasteiger partial charge in [-0.05, 0) is 31.2 Å². The largest absolute Gasteiger partial charge is 0.350 e. The summed E-state index contributed by atoms with van der Waals surface area (Å²) in [6.45, 7) is 3.12. The third-order valence-corrected chi connectivity index (χ3v) is 5.85. The number of aromatic nitrogens is 6. The third kappa shape index (κ3) is 4.15. The molecule has 0 atom stereocenters. The first kappa shape index (κ1) is 20.1. The number of hydrogen-bond acceptors (Lipinski definition) is 6. The van der Waals surface area contributed by atoms with Crippen molar-refractivity contribution in [1.82, 2.24) is 34.2 Å². The minimum absolute atomic E-state index is 0.215. The van der Waals surface area contributed by atoms with Gasteiger partial charge < -0.3 is 9.88 Å². The van der Waals surface area contributed by atoms with Crippen molar-refractivity contribution in [2.45, 2.75) is 19.9 Å². The van der Waals surface area contributed by atoms with Gasteiger partial charge in [-0.2, -0.15) is 0 Å². The lowest BCUT2D eigenvalue weighted by Gasteiger charge is -2.03. The van der Waals surface area contributed by atoms with E-state index in [2.05, 4.69) is 25.3 Å². The number of nitrogens with one attached hydrogen (secondary N) is 1. The van der Waals surface area contributed by atoms with Crippen LogP contribution in [-0.2, 0) is 13.0 Å². The number of amides is 1. The molecule has 5 aromatic rings. The fourth-order valence-electron chi connectivity index (χ4n) is 3.55. The van der Waals surface area contributed by atoms with Gasteiger partial charge in [0, 0.05) is 42.6 Å². The number of carbonyl (C=O) groups excluding carboxylic acids is 1. The molecule has 160 valence electrons. The van der Waals surface area contributed by atoms with Crippen molar-refractivity contribution in [3.8, 4) is 11.5 Å². The van der Waals surface area contributed by atoms with E-state index in [0.29, 0.717) is 36.7 Å². The first-order valence-electron chi connectivity index (χ1n) is 10.3. The zero-order valence-corrected chi connectivity index (χ0v) is 18.3. The highest BCUT2D eigenvalue weighted by atomic mass is 32.1.